The van der Waals surface area contributed by atoms with Crippen LogP contribution in [0.15, 0.2) is 53.7 Å². The van der Waals surface area contributed by atoms with E-state index in [9.17, 15) is 14.9 Å². The van der Waals surface area contributed by atoms with Crippen molar-refractivity contribution in [1.82, 2.24) is 10.3 Å². The molecule has 2 rings (SSSR count). The van der Waals surface area contributed by atoms with E-state index >= 15 is 0 Å². The molecule has 7 nitrogen and oxygen atoms in total. The molecule has 126 valence electrons. The molecular formula is C15H15N3O4S2. The normalized spacial score (nSPS) is 10.2. The number of carbonyl (C=O) groups is 1. The first-order valence-electron chi connectivity index (χ1n) is 7.06. The summed E-state index contributed by atoms with van der Waals surface area (Å²) < 4.78 is 5.03. The third kappa shape index (κ3) is 6.47. The molecule has 0 aliphatic rings. The van der Waals surface area contributed by atoms with Crippen molar-refractivity contribution in [2.24, 2.45) is 0 Å². The zero-order chi connectivity index (χ0) is 17.2. The van der Waals surface area contributed by atoms with E-state index in [4.69, 9.17) is 4.74 Å². The number of ether oxygens (including phenoxy) is 1. The molecule has 0 aliphatic heterocycles. The molecule has 0 spiro atoms. The maximum absolute atomic E-state index is 11.6. The third-order valence-corrected chi connectivity index (χ3v) is 5.07. The van der Waals surface area contributed by atoms with Crippen LogP contribution in [0.25, 0.3) is 0 Å². The van der Waals surface area contributed by atoms with E-state index in [0.29, 0.717) is 6.54 Å². The molecule has 2 aromatic rings. The van der Waals surface area contributed by atoms with Gasteiger partial charge in [0.1, 0.15) is 10.8 Å². The SMILES string of the molecule is O=C(NCCCSSc1ccccn1)Oc1ccc([N+](=O)[O-])cc1. The summed E-state index contributed by atoms with van der Waals surface area (Å²) in [7, 11) is 3.26. The van der Waals surface area contributed by atoms with E-state index in [1.165, 1.54) is 24.3 Å². The lowest BCUT2D eigenvalue weighted by molar-refractivity contribution is -0.384. The smallest absolute Gasteiger partial charge is 0.410 e. The second kappa shape index (κ2) is 9.78. The summed E-state index contributed by atoms with van der Waals surface area (Å²) in [5.41, 5.74) is -0.0508. The maximum atomic E-state index is 11.6. The molecule has 0 radical (unpaired) electrons. The van der Waals surface area contributed by atoms with Crippen LogP contribution in [0, 0.1) is 10.1 Å². The minimum absolute atomic E-state index is 0.0508. The summed E-state index contributed by atoms with van der Waals surface area (Å²) in [5, 5.41) is 14.1. The van der Waals surface area contributed by atoms with Gasteiger partial charge in [0.15, 0.2) is 0 Å². The number of hydrogen-bond acceptors (Lipinski definition) is 7. The Labute approximate surface area is 146 Å². The van der Waals surface area contributed by atoms with Crippen molar-refractivity contribution in [1.29, 1.82) is 0 Å². The van der Waals surface area contributed by atoms with Gasteiger partial charge in [-0.1, -0.05) is 16.9 Å². The standard InChI is InChI=1S/C15H15N3O4S2/c19-15(22-13-7-5-12(6-8-13)18(20)21)17-10-3-11-23-24-14-4-1-2-9-16-14/h1-2,4-9H,3,10-11H2,(H,17,19). The second-order valence-corrected chi connectivity index (χ2v) is 6.93. The molecule has 24 heavy (non-hydrogen) atoms. The van der Waals surface area contributed by atoms with Gasteiger partial charge < -0.3 is 10.1 Å². The summed E-state index contributed by atoms with van der Waals surface area (Å²) >= 11 is 0. The minimum Gasteiger partial charge on any atom is -0.410 e. The zero-order valence-electron chi connectivity index (χ0n) is 12.6. The maximum Gasteiger partial charge on any atom is 0.412 e. The van der Waals surface area contributed by atoms with Gasteiger partial charge in [-0.25, -0.2) is 9.78 Å². The molecule has 0 fully saturated rings. The summed E-state index contributed by atoms with van der Waals surface area (Å²) in [5.74, 6) is 1.12. The molecule has 1 aromatic heterocycles. The number of pyridine rings is 1. The average molecular weight is 365 g/mol. The largest absolute Gasteiger partial charge is 0.412 e. The van der Waals surface area contributed by atoms with Crippen LogP contribution in [0.4, 0.5) is 10.5 Å². The van der Waals surface area contributed by atoms with Crippen molar-refractivity contribution < 1.29 is 14.5 Å². The van der Waals surface area contributed by atoms with E-state index < -0.39 is 11.0 Å². The second-order valence-electron chi connectivity index (χ2n) is 4.49. The van der Waals surface area contributed by atoms with Gasteiger partial charge in [0, 0.05) is 30.6 Å². The monoisotopic (exact) mass is 365 g/mol. The van der Waals surface area contributed by atoms with Gasteiger partial charge in [0.2, 0.25) is 0 Å². The predicted molar refractivity (Wildman–Crippen MR) is 94.3 cm³/mol. The van der Waals surface area contributed by atoms with E-state index in [-0.39, 0.29) is 11.4 Å². The van der Waals surface area contributed by atoms with Crippen LogP contribution in [0.3, 0.4) is 0 Å². The number of benzene rings is 1. The number of rotatable bonds is 8. The molecule has 0 unspecified atom stereocenters. The van der Waals surface area contributed by atoms with Crippen molar-refractivity contribution in [3.63, 3.8) is 0 Å². The van der Waals surface area contributed by atoms with Gasteiger partial charge in [-0.15, -0.1) is 0 Å². The van der Waals surface area contributed by atoms with Gasteiger partial charge in [0.05, 0.1) is 4.92 Å². The number of amides is 1. The van der Waals surface area contributed by atoms with Crippen LogP contribution >= 0.6 is 21.6 Å². The number of aromatic nitrogens is 1. The van der Waals surface area contributed by atoms with Gasteiger partial charge in [-0.2, -0.15) is 0 Å². The summed E-state index contributed by atoms with van der Waals surface area (Å²) in [6.45, 7) is 0.488. The highest BCUT2D eigenvalue weighted by Crippen LogP contribution is 2.29. The van der Waals surface area contributed by atoms with Gasteiger partial charge >= 0.3 is 6.09 Å². The third-order valence-electron chi connectivity index (χ3n) is 2.71. The molecule has 0 bridgehead atoms. The lowest BCUT2D eigenvalue weighted by atomic mass is 10.3. The quantitative estimate of drug-likeness (QED) is 0.328. The number of nitro benzene ring substituents is 1. The Bertz CT molecular complexity index is 668. The number of hydrogen-bond donors (Lipinski definition) is 1. The number of nitro groups is 1. The molecular weight excluding hydrogens is 350 g/mol. The molecule has 0 saturated heterocycles. The molecule has 0 saturated carbocycles. The first-order chi connectivity index (χ1) is 11.6. The molecule has 1 aromatic carbocycles. The Hall–Kier alpha value is -2.26. The first kappa shape index (κ1) is 18.1. The molecule has 9 heteroatoms. The van der Waals surface area contributed by atoms with Crippen LogP contribution in [0.1, 0.15) is 6.42 Å². The summed E-state index contributed by atoms with van der Waals surface area (Å²) in [6, 6.07) is 11.1. The molecule has 0 atom stereocenters. The van der Waals surface area contributed by atoms with Crippen LogP contribution < -0.4 is 10.1 Å². The number of non-ortho nitro benzene ring substituents is 1. The Morgan fingerprint density at radius 2 is 2.04 bits per heavy atom. The Balaban J connectivity index is 1.58. The lowest BCUT2D eigenvalue weighted by Crippen LogP contribution is -2.27. The van der Waals surface area contributed by atoms with Crippen molar-refractivity contribution >= 4 is 33.4 Å². The van der Waals surface area contributed by atoms with Gasteiger partial charge in [-0.3, -0.25) is 10.1 Å². The minimum atomic E-state index is -0.578. The number of nitrogens with zero attached hydrogens (tertiary/aromatic N) is 2. The zero-order valence-corrected chi connectivity index (χ0v) is 14.2. The van der Waals surface area contributed by atoms with Crippen molar-refractivity contribution in [3.8, 4) is 5.75 Å². The van der Waals surface area contributed by atoms with Crippen molar-refractivity contribution in [3.05, 3.63) is 58.8 Å². The van der Waals surface area contributed by atoms with E-state index in [2.05, 4.69) is 10.3 Å². The number of nitrogens with one attached hydrogen (secondary N) is 1. The topological polar surface area (TPSA) is 94.4 Å². The lowest BCUT2D eigenvalue weighted by Gasteiger charge is -2.06. The summed E-state index contributed by atoms with van der Waals surface area (Å²) in [6.07, 6.45) is 1.96. The summed E-state index contributed by atoms with van der Waals surface area (Å²) in [4.78, 5) is 25.8. The number of carbonyl (C=O) groups excluding carboxylic acids is 1. The van der Waals surface area contributed by atoms with Crippen molar-refractivity contribution in [2.45, 2.75) is 11.4 Å². The Kier molecular flexibility index (Phi) is 7.37. The van der Waals surface area contributed by atoms with Crippen LogP contribution in [0.5, 0.6) is 5.75 Å². The molecule has 1 amide bonds. The van der Waals surface area contributed by atoms with Gasteiger partial charge in [0.25, 0.3) is 5.69 Å². The van der Waals surface area contributed by atoms with E-state index in [1.54, 1.807) is 27.8 Å². The fourth-order valence-corrected chi connectivity index (χ4v) is 3.56. The molecule has 1 N–H and O–H groups in total. The molecule has 1 heterocycles. The van der Waals surface area contributed by atoms with Gasteiger partial charge in [-0.05, 0) is 41.5 Å². The highest BCUT2D eigenvalue weighted by atomic mass is 33.1. The van der Waals surface area contributed by atoms with Crippen LogP contribution in [-0.2, 0) is 0 Å². The predicted octanol–water partition coefficient (Wildman–Crippen LogP) is 3.91. The van der Waals surface area contributed by atoms with E-state index in [1.807, 2.05) is 18.2 Å². The highest BCUT2D eigenvalue weighted by Gasteiger charge is 2.07. The average Bonchev–Trinajstić information content (AvgIpc) is 2.59. The van der Waals surface area contributed by atoms with E-state index in [0.717, 1.165) is 17.2 Å². The Morgan fingerprint density at radius 3 is 2.71 bits per heavy atom. The van der Waals surface area contributed by atoms with Crippen molar-refractivity contribution in [2.75, 3.05) is 12.3 Å². The first-order valence-corrected chi connectivity index (χ1v) is 9.37. The van der Waals surface area contributed by atoms with Crippen LogP contribution in [0.2, 0.25) is 0 Å². The van der Waals surface area contributed by atoms with Crippen LogP contribution in [-0.4, -0.2) is 28.3 Å². The fraction of sp³-hybridized carbons (Fsp3) is 0.200. The fourth-order valence-electron chi connectivity index (χ4n) is 1.60. The highest BCUT2D eigenvalue weighted by molar-refractivity contribution is 8.76. The molecule has 0 aliphatic carbocycles. The Morgan fingerprint density at radius 1 is 1.25 bits per heavy atom.